The molecule has 0 saturated heterocycles. The summed E-state index contributed by atoms with van der Waals surface area (Å²) in [5.41, 5.74) is 1.90. The zero-order chi connectivity index (χ0) is 24.0. The first-order chi connectivity index (χ1) is 15.5. The molecule has 0 radical (unpaired) electrons. The van der Waals surface area contributed by atoms with E-state index in [2.05, 4.69) is 53.9 Å². The second kappa shape index (κ2) is 8.61. The van der Waals surface area contributed by atoms with Gasteiger partial charge >= 0.3 is 6.18 Å². The van der Waals surface area contributed by atoms with Gasteiger partial charge in [0, 0.05) is 29.2 Å². The number of aryl methyl sites for hydroxylation is 1. The number of pyridine rings is 1. The summed E-state index contributed by atoms with van der Waals surface area (Å²) in [5.74, 6) is 0.992. The molecule has 3 aromatic rings. The number of nitrogens with one attached hydrogen (secondary N) is 1. The first kappa shape index (κ1) is 23.5. The Morgan fingerprint density at radius 1 is 1.18 bits per heavy atom. The second-order valence-corrected chi connectivity index (χ2v) is 10.4. The monoisotopic (exact) mass is 476 g/mol. The van der Waals surface area contributed by atoms with Crippen molar-refractivity contribution in [3.05, 3.63) is 58.2 Å². The van der Waals surface area contributed by atoms with Gasteiger partial charge in [-0.05, 0) is 42.6 Å². The van der Waals surface area contributed by atoms with E-state index in [1.807, 2.05) is 12.1 Å². The Morgan fingerprint density at radius 2 is 1.94 bits per heavy atom. The lowest BCUT2D eigenvalue weighted by molar-refractivity contribution is -0.141. The molecule has 0 amide bonds. The molecule has 176 valence electrons. The molecule has 1 aliphatic rings. The molecule has 9 heteroatoms. The highest BCUT2D eigenvalue weighted by atomic mass is 32.1. The van der Waals surface area contributed by atoms with Gasteiger partial charge in [0.1, 0.15) is 11.4 Å². The van der Waals surface area contributed by atoms with Gasteiger partial charge in [0.25, 0.3) is 0 Å². The number of benzene rings is 1. The Balaban J connectivity index is 1.68. The standard InChI is InChI=1S/C24H27F3N4OS/c1-6-31-13-15-9-7-11-17(18(15)20(31)23(3,4)5)32-21-16(10-8-12-28-21)29-22-30-19(14(2)33-22)24(25,26)27/h7-12,20H,6,13H2,1-5H3,(H,29,30). The average molecular weight is 477 g/mol. The number of ether oxygens (including phenoxy) is 1. The van der Waals surface area contributed by atoms with Crippen molar-refractivity contribution < 1.29 is 17.9 Å². The van der Waals surface area contributed by atoms with E-state index >= 15 is 0 Å². The van der Waals surface area contributed by atoms with E-state index in [1.165, 1.54) is 12.5 Å². The summed E-state index contributed by atoms with van der Waals surface area (Å²) in [6.07, 6.45) is -2.90. The highest BCUT2D eigenvalue weighted by Crippen LogP contribution is 2.49. The molecule has 0 fully saturated rings. The lowest BCUT2D eigenvalue weighted by Gasteiger charge is -2.35. The first-order valence-corrected chi connectivity index (χ1v) is 11.6. The molecule has 5 nitrogen and oxygen atoms in total. The average Bonchev–Trinajstić information content (AvgIpc) is 3.30. The molecule has 0 aliphatic carbocycles. The van der Waals surface area contributed by atoms with Crippen LogP contribution in [0, 0.1) is 12.3 Å². The van der Waals surface area contributed by atoms with E-state index in [0.29, 0.717) is 11.4 Å². The molecule has 4 rings (SSSR count). The number of hydrogen-bond acceptors (Lipinski definition) is 6. The summed E-state index contributed by atoms with van der Waals surface area (Å²) in [6.45, 7) is 12.0. The van der Waals surface area contributed by atoms with Gasteiger partial charge in [-0.25, -0.2) is 9.97 Å². The van der Waals surface area contributed by atoms with Crippen molar-refractivity contribution in [2.45, 2.75) is 53.4 Å². The highest BCUT2D eigenvalue weighted by molar-refractivity contribution is 7.15. The SMILES string of the molecule is CCN1Cc2cccc(Oc3ncccc3Nc3nc(C(F)(F)F)c(C)s3)c2C1C(C)(C)C. The van der Waals surface area contributed by atoms with E-state index in [4.69, 9.17) is 4.74 Å². The van der Waals surface area contributed by atoms with Crippen LogP contribution in [0.2, 0.25) is 0 Å². The Kier molecular flexibility index (Phi) is 6.13. The van der Waals surface area contributed by atoms with Crippen LogP contribution in [0.5, 0.6) is 11.6 Å². The van der Waals surface area contributed by atoms with Crippen LogP contribution in [0.3, 0.4) is 0 Å². The van der Waals surface area contributed by atoms with Crippen LogP contribution >= 0.6 is 11.3 Å². The molecular formula is C24H27F3N4OS. The van der Waals surface area contributed by atoms with Gasteiger partial charge in [0.2, 0.25) is 5.88 Å². The normalized spacial score (nSPS) is 16.7. The third-order valence-electron chi connectivity index (χ3n) is 5.68. The van der Waals surface area contributed by atoms with Crippen molar-refractivity contribution in [1.29, 1.82) is 0 Å². The molecule has 2 aromatic heterocycles. The fourth-order valence-corrected chi connectivity index (χ4v) is 5.24. The topological polar surface area (TPSA) is 50.3 Å². The molecule has 0 spiro atoms. The first-order valence-electron chi connectivity index (χ1n) is 10.8. The number of anilines is 2. The van der Waals surface area contributed by atoms with Crippen molar-refractivity contribution in [3.63, 3.8) is 0 Å². The minimum absolute atomic E-state index is 0.0155. The molecule has 3 heterocycles. The molecule has 1 aliphatic heterocycles. The van der Waals surface area contributed by atoms with Gasteiger partial charge in [0.15, 0.2) is 10.8 Å². The molecule has 1 aromatic carbocycles. The van der Waals surface area contributed by atoms with Crippen molar-refractivity contribution in [1.82, 2.24) is 14.9 Å². The maximum absolute atomic E-state index is 13.2. The fourth-order valence-electron chi connectivity index (χ4n) is 4.39. The summed E-state index contributed by atoms with van der Waals surface area (Å²) in [6, 6.07) is 9.59. The predicted octanol–water partition coefficient (Wildman–Crippen LogP) is 7.32. The Bertz CT molecular complexity index is 1150. The highest BCUT2D eigenvalue weighted by Gasteiger charge is 2.40. The maximum Gasteiger partial charge on any atom is 0.434 e. The largest absolute Gasteiger partial charge is 0.437 e. The third-order valence-corrected chi connectivity index (χ3v) is 6.57. The summed E-state index contributed by atoms with van der Waals surface area (Å²) in [7, 11) is 0. The van der Waals surface area contributed by atoms with Crippen LogP contribution in [-0.2, 0) is 12.7 Å². The van der Waals surface area contributed by atoms with Gasteiger partial charge in [0.05, 0.1) is 0 Å². The van der Waals surface area contributed by atoms with Crippen LogP contribution < -0.4 is 10.1 Å². The summed E-state index contributed by atoms with van der Waals surface area (Å²) in [5, 5.41) is 3.10. The van der Waals surface area contributed by atoms with Gasteiger partial charge < -0.3 is 10.1 Å². The molecule has 1 unspecified atom stereocenters. The Labute approximate surface area is 195 Å². The number of hydrogen-bond donors (Lipinski definition) is 1. The van der Waals surface area contributed by atoms with E-state index in [-0.39, 0.29) is 27.3 Å². The van der Waals surface area contributed by atoms with E-state index in [0.717, 1.165) is 30.0 Å². The minimum atomic E-state index is -4.49. The van der Waals surface area contributed by atoms with Gasteiger partial charge in [-0.15, -0.1) is 11.3 Å². The summed E-state index contributed by atoms with van der Waals surface area (Å²) < 4.78 is 45.8. The van der Waals surface area contributed by atoms with Crippen LogP contribution in [0.1, 0.15) is 55.4 Å². The quantitative estimate of drug-likeness (QED) is 0.418. The van der Waals surface area contributed by atoms with Crippen LogP contribution in [-0.4, -0.2) is 21.4 Å². The second-order valence-electron chi connectivity index (χ2n) is 9.17. The fraction of sp³-hybridized carbons (Fsp3) is 0.417. The summed E-state index contributed by atoms with van der Waals surface area (Å²) >= 11 is 0.946. The molecule has 1 N–H and O–H groups in total. The van der Waals surface area contributed by atoms with Crippen molar-refractivity contribution in [2.75, 3.05) is 11.9 Å². The number of fused-ring (bicyclic) bond motifs is 1. The zero-order valence-electron chi connectivity index (χ0n) is 19.2. The van der Waals surface area contributed by atoms with Crippen LogP contribution in [0.25, 0.3) is 0 Å². The minimum Gasteiger partial charge on any atom is -0.437 e. The van der Waals surface area contributed by atoms with Gasteiger partial charge in [-0.1, -0.05) is 39.8 Å². The van der Waals surface area contributed by atoms with Crippen molar-refractivity contribution >= 4 is 22.2 Å². The Morgan fingerprint density at radius 3 is 2.58 bits per heavy atom. The number of rotatable bonds is 5. The third kappa shape index (κ3) is 4.70. The number of aromatic nitrogens is 2. The van der Waals surface area contributed by atoms with Crippen molar-refractivity contribution in [2.24, 2.45) is 5.41 Å². The van der Waals surface area contributed by atoms with Gasteiger partial charge in [-0.3, -0.25) is 4.90 Å². The number of thiazole rings is 1. The number of alkyl halides is 3. The van der Waals surface area contributed by atoms with E-state index in [9.17, 15) is 13.2 Å². The molecule has 33 heavy (non-hydrogen) atoms. The molecule has 0 bridgehead atoms. The van der Waals surface area contributed by atoms with E-state index in [1.54, 1.807) is 18.3 Å². The van der Waals surface area contributed by atoms with Crippen LogP contribution in [0.15, 0.2) is 36.5 Å². The molecule has 1 atom stereocenters. The lowest BCUT2D eigenvalue weighted by Crippen LogP contribution is -2.31. The molecular weight excluding hydrogens is 449 g/mol. The number of nitrogens with zero attached hydrogens (tertiary/aromatic N) is 3. The predicted molar refractivity (Wildman–Crippen MR) is 124 cm³/mol. The number of halogens is 3. The van der Waals surface area contributed by atoms with Gasteiger partial charge in [-0.2, -0.15) is 13.2 Å². The van der Waals surface area contributed by atoms with E-state index < -0.39 is 11.9 Å². The van der Waals surface area contributed by atoms with Crippen molar-refractivity contribution in [3.8, 4) is 11.6 Å². The maximum atomic E-state index is 13.2. The smallest absolute Gasteiger partial charge is 0.434 e. The molecule has 0 saturated carbocycles. The Hall–Kier alpha value is -2.65. The summed E-state index contributed by atoms with van der Waals surface area (Å²) in [4.78, 5) is 10.6. The zero-order valence-corrected chi connectivity index (χ0v) is 20.1. The van der Waals surface area contributed by atoms with Crippen LogP contribution in [0.4, 0.5) is 24.0 Å². The lowest BCUT2D eigenvalue weighted by atomic mass is 9.82.